The van der Waals surface area contributed by atoms with Crippen LogP contribution in [0.3, 0.4) is 0 Å². The first-order valence-corrected chi connectivity index (χ1v) is 9.46. The number of anilines is 2. The van der Waals surface area contributed by atoms with E-state index >= 15 is 0 Å². The molecule has 10 heteroatoms. The zero-order valence-corrected chi connectivity index (χ0v) is 16.2. The average Bonchev–Trinajstić information content (AvgIpc) is 2.74. The van der Waals surface area contributed by atoms with E-state index < -0.39 is 10.7 Å². The zero-order chi connectivity index (χ0) is 20.8. The first kappa shape index (κ1) is 20.5. The van der Waals surface area contributed by atoms with Crippen LogP contribution in [0, 0.1) is 21.8 Å². The van der Waals surface area contributed by atoms with Crippen molar-refractivity contribution in [2.45, 2.75) is 12.8 Å². The first-order chi connectivity index (χ1) is 14.0. The first-order valence-electron chi connectivity index (χ1n) is 9.05. The van der Waals surface area contributed by atoms with E-state index in [1.807, 2.05) is 4.90 Å². The molecule has 2 aromatic carbocycles. The Labute approximate surface area is 172 Å². The molecule has 0 aromatic heterocycles. The van der Waals surface area contributed by atoms with Crippen LogP contribution in [0.1, 0.15) is 12.8 Å². The molecule has 1 saturated heterocycles. The number of benzene rings is 2. The number of hydrazine groups is 1. The summed E-state index contributed by atoms with van der Waals surface area (Å²) in [6.07, 6.45) is 1.10. The molecule has 1 aliphatic rings. The highest BCUT2D eigenvalue weighted by Crippen LogP contribution is 2.31. The second-order valence-electron chi connectivity index (χ2n) is 6.56. The van der Waals surface area contributed by atoms with E-state index in [9.17, 15) is 19.3 Å². The number of hydrogen-bond acceptors (Lipinski definition) is 5. The van der Waals surface area contributed by atoms with Crippen LogP contribution >= 0.6 is 12.2 Å². The molecule has 3 rings (SSSR count). The van der Waals surface area contributed by atoms with E-state index in [0.29, 0.717) is 31.6 Å². The van der Waals surface area contributed by atoms with Crippen LogP contribution in [-0.2, 0) is 4.79 Å². The maximum absolute atomic E-state index is 13.6. The fraction of sp³-hybridized carbons (Fsp3) is 0.263. The van der Waals surface area contributed by atoms with Crippen molar-refractivity contribution < 1.29 is 14.1 Å². The third kappa shape index (κ3) is 5.17. The molecule has 0 radical (unpaired) electrons. The van der Waals surface area contributed by atoms with E-state index in [-0.39, 0.29) is 28.3 Å². The molecule has 152 valence electrons. The second kappa shape index (κ2) is 9.28. The quantitative estimate of drug-likeness (QED) is 0.400. The van der Waals surface area contributed by atoms with E-state index in [2.05, 4.69) is 16.2 Å². The molecule has 1 fully saturated rings. The summed E-state index contributed by atoms with van der Waals surface area (Å²) < 4.78 is 13.6. The number of para-hydroxylation sites is 3. The number of piperidine rings is 1. The van der Waals surface area contributed by atoms with Gasteiger partial charge in [-0.05, 0) is 43.3 Å². The third-order valence-corrected chi connectivity index (χ3v) is 4.91. The van der Waals surface area contributed by atoms with Gasteiger partial charge < -0.3 is 10.2 Å². The van der Waals surface area contributed by atoms with Crippen molar-refractivity contribution in [3.8, 4) is 0 Å². The van der Waals surface area contributed by atoms with E-state index in [4.69, 9.17) is 12.2 Å². The summed E-state index contributed by atoms with van der Waals surface area (Å²) in [6.45, 7) is 1.06. The van der Waals surface area contributed by atoms with Crippen LogP contribution in [0.5, 0.6) is 0 Å². The number of hydrogen-bond donors (Lipinski definition) is 3. The molecule has 0 spiro atoms. The van der Waals surface area contributed by atoms with Crippen LogP contribution in [0.4, 0.5) is 21.5 Å². The highest BCUT2D eigenvalue weighted by molar-refractivity contribution is 7.80. The summed E-state index contributed by atoms with van der Waals surface area (Å²) in [5, 5.41) is 13.9. The second-order valence-corrected chi connectivity index (χ2v) is 6.96. The largest absolute Gasteiger partial charge is 0.366 e. The van der Waals surface area contributed by atoms with Crippen LogP contribution in [-0.4, -0.2) is 29.0 Å². The predicted molar refractivity (Wildman–Crippen MR) is 112 cm³/mol. The van der Waals surface area contributed by atoms with Gasteiger partial charge in [0.05, 0.1) is 10.6 Å². The Morgan fingerprint density at radius 3 is 2.45 bits per heavy atom. The van der Waals surface area contributed by atoms with E-state index in [1.165, 1.54) is 18.2 Å². The molecule has 1 aliphatic heterocycles. The molecule has 8 nitrogen and oxygen atoms in total. The molecule has 2 aromatic rings. The summed E-state index contributed by atoms with van der Waals surface area (Å²) in [5.41, 5.74) is 5.93. The number of carbonyl (C=O) groups is 1. The van der Waals surface area contributed by atoms with Crippen LogP contribution in [0.25, 0.3) is 0 Å². The molecule has 29 heavy (non-hydrogen) atoms. The minimum Gasteiger partial charge on any atom is -0.366 e. The Kier molecular flexibility index (Phi) is 6.55. The molecule has 3 N–H and O–H groups in total. The number of carbonyl (C=O) groups excluding carboxylic acids is 1. The molecule has 0 atom stereocenters. The average molecular weight is 417 g/mol. The lowest BCUT2D eigenvalue weighted by Crippen LogP contribution is -2.48. The molecular formula is C19H20FN5O3S. The highest BCUT2D eigenvalue weighted by Gasteiger charge is 2.28. The van der Waals surface area contributed by atoms with Crippen molar-refractivity contribution in [2.75, 3.05) is 23.3 Å². The number of nitrogens with zero attached hydrogens (tertiary/aromatic N) is 2. The molecule has 1 heterocycles. The van der Waals surface area contributed by atoms with Gasteiger partial charge in [-0.25, -0.2) is 4.39 Å². The lowest BCUT2D eigenvalue weighted by Gasteiger charge is -2.32. The minimum atomic E-state index is -0.453. The Bertz CT molecular complexity index is 918. The number of halogens is 1. The van der Waals surface area contributed by atoms with Gasteiger partial charge in [0.2, 0.25) is 5.91 Å². The van der Waals surface area contributed by atoms with Crippen molar-refractivity contribution in [1.82, 2.24) is 10.9 Å². The standard InChI is InChI=1S/C19H20FN5O3S/c20-14-5-1-2-6-15(14)21-19(29)23-22-18(26)13-9-11-24(12-10-13)16-7-3-4-8-17(16)25(27)28/h1-8,13H,9-12H2,(H,22,26)(H2,21,23,29). The van der Waals surface area contributed by atoms with Gasteiger partial charge in [0.25, 0.3) is 5.69 Å². The van der Waals surface area contributed by atoms with E-state index in [1.54, 1.807) is 30.3 Å². The number of thiocarbonyl (C=S) groups is 1. The van der Waals surface area contributed by atoms with Crippen LogP contribution in [0.15, 0.2) is 48.5 Å². The van der Waals surface area contributed by atoms with Gasteiger partial charge in [0.15, 0.2) is 5.11 Å². The van der Waals surface area contributed by atoms with Gasteiger partial charge in [-0.3, -0.25) is 25.8 Å². The number of amides is 1. The molecule has 1 amide bonds. The predicted octanol–water partition coefficient (Wildman–Crippen LogP) is 2.97. The summed E-state index contributed by atoms with van der Waals surface area (Å²) in [7, 11) is 0. The van der Waals surface area contributed by atoms with Crippen LogP contribution < -0.4 is 21.1 Å². The van der Waals surface area contributed by atoms with Crippen LogP contribution in [0.2, 0.25) is 0 Å². The van der Waals surface area contributed by atoms with Gasteiger partial charge in [0.1, 0.15) is 11.5 Å². The summed E-state index contributed by atoms with van der Waals surface area (Å²) in [4.78, 5) is 25.1. The molecular weight excluding hydrogens is 397 g/mol. The van der Waals surface area contributed by atoms with Crippen molar-refractivity contribution in [3.05, 3.63) is 64.5 Å². The lowest BCUT2D eigenvalue weighted by atomic mass is 9.95. The van der Waals surface area contributed by atoms with Crippen molar-refractivity contribution in [3.63, 3.8) is 0 Å². The maximum atomic E-state index is 13.6. The lowest BCUT2D eigenvalue weighted by molar-refractivity contribution is -0.384. The molecule has 0 unspecified atom stereocenters. The van der Waals surface area contributed by atoms with Crippen molar-refractivity contribution in [1.29, 1.82) is 0 Å². The topological polar surface area (TPSA) is 99.5 Å². The fourth-order valence-electron chi connectivity index (χ4n) is 3.21. The number of nitro groups is 1. The number of rotatable bonds is 4. The minimum absolute atomic E-state index is 0.0571. The third-order valence-electron chi connectivity index (χ3n) is 4.71. The van der Waals surface area contributed by atoms with Gasteiger partial charge in [-0.15, -0.1) is 0 Å². The maximum Gasteiger partial charge on any atom is 0.292 e. The monoisotopic (exact) mass is 417 g/mol. The Hall–Kier alpha value is -3.27. The SMILES string of the molecule is O=C(NNC(=S)Nc1ccccc1F)C1CCN(c2ccccc2[N+](=O)[O-])CC1. The summed E-state index contributed by atoms with van der Waals surface area (Å²) in [5.74, 6) is -0.937. The summed E-state index contributed by atoms with van der Waals surface area (Å²) >= 11 is 5.06. The fourth-order valence-corrected chi connectivity index (χ4v) is 3.37. The zero-order valence-electron chi connectivity index (χ0n) is 15.4. The molecule has 0 aliphatic carbocycles. The normalized spacial score (nSPS) is 14.2. The van der Waals surface area contributed by atoms with E-state index in [0.717, 1.165) is 0 Å². The number of nitrogens with one attached hydrogen (secondary N) is 3. The highest BCUT2D eigenvalue weighted by atomic mass is 32.1. The summed E-state index contributed by atoms with van der Waals surface area (Å²) in [6, 6.07) is 12.6. The van der Waals surface area contributed by atoms with Crippen molar-refractivity contribution in [2.24, 2.45) is 5.92 Å². The van der Waals surface area contributed by atoms with Crippen molar-refractivity contribution >= 4 is 40.3 Å². The number of nitro benzene ring substituents is 1. The Morgan fingerprint density at radius 2 is 1.76 bits per heavy atom. The van der Waals surface area contributed by atoms with Gasteiger partial charge >= 0.3 is 0 Å². The van der Waals surface area contributed by atoms with Gasteiger partial charge in [-0.1, -0.05) is 24.3 Å². The Morgan fingerprint density at radius 1 is 1.10 bits per heavy atom. The Balaban J connectivity index is 1.49. The molecule has 0 saturated carbocycles. The van der Waals surface area contributed by atoms with Gasteiger partial charge in [0, 0.05) is 25.1 Å². The molecule has 0 bridgehead atoms. The smallest absolute Gasteiger partial charge is 0.292 e. The van der Waals surface area contributed by atoms with Gasteiger partial charge in [-0.2, -0.15) is 0 Å².